The summed E-state index contributed by atoms with van der Waals surface area (Å²) in [6.45, 7) is 3.86. The maximum Gasteiger partial charge on any atom is 0.309 e. The van der Waals surface area contributed by atoms with Crippen LogP contribution in [0, 0.1) is 17.8 Å². The fraction of sp³-hybridized carbons (Fsp3) is 0.517. The molecule has 0 radical (unpaired) electrons. The van der Waals surface area contributed by atoms with Gasteiger partial charge in [0.15, 0.2) is 5.82 Å². The van der Waals surface area contributed by atoms with E-state index in [4.69, 9.17) is 16.3 Å². The van der Waals surface area contributed by atoms with Crippen LogP contribution in [-0.4, -0.2) is 82.6 Å². The first-order valence-electron chi connectivity index (χ1n) is 14.1. The van der Waals surface area contributed by atoms with Crippen LogP contribution in [0.25, 0.3) is 0 Å². The molecule has 2 aromatic rings. The molecule has 212 valence electrons. The largest absolute Gasteiger partial charge is 0.495 e. The molecule has 2 fully saturated rings. The van der Waals surface area contributed by atoms with Gasteiger partial charge in [0.05, 0.1) is 31.5 Å². The first kappa shape index (κ1) is 26.8. The van der Waals surface area contributed by atoms with Gasteiger partial charge >= 0.3 is 5.97 Å². The Bertz CT molecular complexity index is 1330. The number of likely N-dealkylation sites (tertiary alicyclic amines) is 1. The van der Waals surface area contributed by atoms with Crippen LogP contribution in [0.15, 0.2) is 30.5 Å². The van der Waals surface area contributed by atoms with E-state index in [-0.39, 0.29) is 23.8 Å². The Morgan fingerprint density at radius 3 is 2.55 bits per heavy atom. The summed E-state index contributed by atoms with van der Waals surface area (Å²) in [4.78, 5) is 37.8. The molecule has 2 aliphatic heterocycles. The molecule has 1 saturated carbocycles. The number of fused-ring (bicyclic) bond motifs is 3. The maximum atomic E-state index is 12.7. The van der Waals surface area contributed by atoms with Crippen molar-refractivity contribution in [3.05, 3.63) is 46.6 Å². The lowest BCUT2D eigenvalue weighted by Crippen LogP contribution is -2.40. The van der Waals surface area contributed by atoms with Crippen molar-refractivity contribution in [2.24, 2.45) is 17.8 Å². The second kappa shape index (κ2) is 11.2. The Morgan fingerprint density at radius 2 is 1.82 bits per heavy atom. The van der Waals surface area contributed by atoms with Gasteiger partial charge in [-0.1, -0.05) is 23.8 Å². The number of rotatable bonds is 8. The number of anilines is 3. The molecule has 3 N–H and O–H groups in total. The summed E-state index contributed by atoms with van der Waals surface area (Å²) in [6, 6.07) is 3.85. The number of nitrogens with zero attached hydrogens (tertiary/aromatic N) is 4. The van der Waals surface area contributed by atoms with E-state index in [1.165, 1.54) is 17.3 Å². The number of aliphatic carboxylic acids is 1. The summed E-state index contributed by atoms with van der Waals surface area (Å²) in [5.74, 6) is 0.464. The van der Waals surface area contributed by atoms with Gasteiger partial charge in [-0.15, -0.1) is 0 Å². The van der Waals surface area contributed by atoms with E-state index in [9.17, 15) is 14.7 Å². The quantitative estimate of drug-likeness (QED) is 0.412. The molecule has 11 heteroatoms. The van der Waals surface area contributed by atoms with E-state index < -0.39 is 11.9 Å². The number of carbonyl (C=O) groups excluding carboxylic acids is 1. The van der Waals surface area contributed by atoms with E-state index in [0.717, 1.165) is 64.0 Å². The number of carboxylic acids is 1. The average molecular weight is 567 g/mol. The van der Waals surface area contributed by atoms with Crippen molar-refractivity contribution in [2.75, 3.05) is 50.5 Å². The molecule has 1 saturated heterocycles. The number of nitrogens with one attached hydrogen (secondary N) is 2. The molecule has 6 rings (SSSR count). The summed E-state index contributed by atoms with van der Waals surface area (Å²) >= 11 is 6.43. The second-order valence-electron chi connectivity index (χ2n) is 11.2. The first-order valence-corrected chi connectivity index (χ1v) is 14.4. The number of ether oxygens (including phenoxy) is 1. The molecular weight excluding hydrogens is 532 g/mol. The summed E-state index contributed by atoms with van der Waals surface area (Å²) < 4.78 is 5.71. The molecule has 10 nitrogen and oxygen atoms in total. The minimum atomic E-state index is -0.813. The van der Waals surface area contributed by atoms with Crippen LogP contribution in [-0.2, 0) is 22.4 Å². The van der Waals surface area contributed by atoms with Crippen LogP contribution in [0.5, 0.6) is 5.75 Å². The molecule has 0 spiro atoms. The van der Waals surface area contributed by atoms with Crippen molar-refractivity contribution < 1.29 is 19.4 Å². The van der Waals surface area contributed by atoms with Gasteiger partial charge in [-0.25, -0.2) is 4.98 Å². The molecule has 1 amide bonds. The third kappa shape index (κ3) is 5.34. The fourth-order valence-electron chi connectivity index (χ4n) is 6.65. The van der Waals surface area contributed by atoms with Gasteiger partial charge in [0.1, 0.15) is 10.8 Å². The SMILES string of the molecule is COc1cc2c(cc1Nc1ncc(Cl)c(N[C@H]3[C@@H](C(=O)O)[C@@H]4C=C[C@H]3C4)n1)CCN(CC(=O)N1CCCC1)CC2. The topological polar surface area (TPSA) is 120 Å². The molecule has 2 aliphatic carbocycles. The van der Waals surface area contributed by atoms with E-state index >= 15 is 0 Å². The van der Waals surface area contributed by atoms with E-state index in [1.54, 1.807) is 7.11 Å². The summed E-state index contributed by atoms with van der Waals surface area (Å²) in [6.07, 6.45) is 10.3. The molecule has 0 unspecified atom stereocenters. The maximum absolute atomic E-state index is 12.7. The van der Waals surface area contributed by atoms with Crippen LogP contribution in [0.1, 0.15) is 30.4 Å². The number of carbonyl (C=O) groups is 2. The zero-order valence-electron chi connectivity index (χ0n) is 22.6. The van der Waals surface area contributed by atoms with Gasteiger partial charge in [-0.2, -0.15) is 4.98 Å². The smallest absolute Gasteiger partial charge is 0.309 e. The molecule has 1 aromatic carbocycles. The van der Waals surface area contributed by atoms with Gasteiger partial charge in [0, 0.05) is 32.2 Å². The van der Waals surface area contributed by atoms with Gasteiger partial charge in [0.25, 0.3) is 0 Å². The number of carboxylic acid groups (broad SMARTS) is 1. The number of methoxy groups -OCH3 is 1. The minimum absolute atomic E-state index is 0.0244. The predicted octanol–water partition coefficient (Wildman–Crippen LogP) is 3.59. The highest BCUT2D eigenvalue weighted by Crippen LogP contribution is 2.45. The Hall–Kier alpha value is -3.37. The Labute approximate surface area is 238 Å². The third-order valence-electron chi connectivity index (χ3n) is 8.77. The molecule has 1 aromatic heterocycles. The van der Waals surface area contributed by atoms with Crippen LogP contribution in [0.3, 0.4) is 0 Å². The number of halogens is 1. The van der Waals surface area contributed by atoms with Gasteiger partial charge < -0.3 is 25.4 Å². The van der Waals surface area contributed by atoms with Gasteiger partial charge in [0.2, 0.25) is 11.9 Å². The van der Waals surface area contributed by atoms with Crippen LogP contribution in [0.2, 0.25) is 5.02 Å². The number of amides is 1. The van der Waals surface area contributed by atoms with Gasteiger partial charge in [-0.3, -0.25) is 14.5 Å². The molecule has 2 bridgehead atoms. The van der Waals surface area contributed by atoms with E-state index in [0.29, 0.717) is 29.1 Å². The fourth-order valence-corrected chi connectivity index (χ4v) is 6.79. The zero-order chi connectivity index (χ0) is 27.8. The van der Waals surface area contributed by atoms with Crippen molar-refractivity contribution in [3.8, 4) is 5.75 Å². The molecule has 4 aliphatic rings. The molecular formula is C29H35ClN6O4. The average Bonchev–Trinajstić information content (AvgIpc) is 3.69. The van der Waals surface area contributed by atoms with Crippen molar-refractivity contribution >= 4 is 40.9 Å². The summed E-state index contributed by atoms with van der Waals surface area (Å²) in [5.41, 5.74) is 3.15. The normalized spacial score (nSPS) is 25.5. The lowest BCUT2D eigenvalue weighted by Gasteiger charge is -2.26. The number of benzene rings is 1. The van der Waals surface area contributed by atoms with Crippen molar-refractivity contribution in [1.29, 1.82) is 0 Å². The predicted molar refractivity (Wildman–Crippen MR) is 152 cm³/mol. The molecule has 4 atom stereocenters. The molecule has 3 heterocycles. The first-order chi connectivity index (χ1) is 19.4. The number of aromatic nitrogens is 2. The number of hydrogen-bond acceptors (Lipinski definition) is 8. The number of hydrogen-bond donors (Lipinski definition) is 3. The lowest BCUT2D eigenvalue weighted by molar-refractivity contribution is -0.142. The van der Waals surface area contributed by atoms with Crippen LogP contribution < -0.4 is 15.4 Å². The van der Waals surface area contributed by atoms with E-state index in [2.05, 4.69) is 43.7 Å². The van der Waals surface area contributed by atoms with Crippen LogP contribution >= 0.6 is 11.6 Å². The van der Waals surface area contributed by atoms with E-state index in [1.807, 2.05) is 11.0 Å². The number of allylic oxidation sites excluding steroid dienone is 1. The van der Waals surface area contributed by atoms with Gasteiger partial charge in [-0.05, 0) is 67.2 Å². The summed E-state index contributed by atoms with van der Waals surface area (Å²) in [7, 11) is 1.63. The molecule has 40 heavy (non-hydrogen) atoms. The Kier molecular flexibility index (Phi) is 7.55. The lowest BCUT2D eigenvalue weighted by atomic mass is 9.89. The highest BCUT2D eigenvalue weighted by molar-refractivity contribution is 6.32. The monoisotopic (exact) mass is 566 g/mol. The Balaban J connectivity index is 1.17. The highest BCUT2D eigenvalue weighted by Gasteiger charge is 2.48. The standard InChI is InChI=1S/C29H35ClN6O4/c1-40-23-14-18-7-11-35(16-24(37)36-8-2-3-9-36)10-6-17(18)13-22(23)32-29-31-15-21(30)27(34-29)33-26-20-5-4-19(12-20)25(26)28(38)39/h4-5,13-15,19-20,25-26H,2-3,6-12,16H2,1H3,(H,38,39)(H2,31,32,33,34)/t19-,20+,25+,26-/m1/s1. The third-order valence-corrected chi connectivity index (χ3v) is 9.05. The highest BCUT2D eigenvalue weighted by atomic mass is 35.5. The Morgan fingerprint density at radius 1 is 1.10 bits per heavy atom. The minimum Gasteiger partial charge on any atom is -0.495 e. The zero-order valence-corrected chi connectivity index (χ0v) is 23.4. The summed E-state index contributed by atoms with van der Waals surface area (Å²) in [5, 5.41) is 16.7. The van der Waals surface area contributed by atoms with Crippen molar-refractivity contribution in [3.63, 3.8) is 0 Å². The van der Waals surface area contributed by atoms with Crippen molar-refractivity contribution in [1.82, 2.24) is 19.8 Å². The van der Waals surface area contributed by atoms with Crippen molar-refractivity contribution in [2.45, 2.75) is 38.1 Å². The van der Waals surface area contributed by atoms with Crippen LogP contribution in [0.4, 0.5) is 17.5 Å². The second-order valence-corrected chi connectivity index (χ2v) is 11.6.